The molecule has 10 aromatic rings. The van der Waals surface area contributed by atoms with Crippen molar-refractivity contribution < 1.29 is 0 Å². The van der Waals surface area contributed by atoms with E-state index in [9.17, 15) is 0 Å². The lowest BCUT2D eigenvalue weighted by Gasteiger charge is -2.35. The highest BCUT2D eigenvalue weighted by atomic mass is 15.0. The summed E-state index contributed by atoms with van der Waals surface area (Å²) in [5.74, 6) is 0.726. The van der Waals surface area contributed by atoms with Gasteiger partial charge in [0, 0.05) is 61.9 Å². The van der Waals surface area contributed by atoms with Gasteiger partial charge in [0.15, 0.2) is 5.82 Å². The maximum Gasteiger partial charge on any atom is 0.252 e. The normalized spacial score (nSPS) is 13.2. The minimum absolute atomic E-state index is 0.0103. The number of rotatable bonds is 3. The highest BCUT2D eigenvalue weighted by Gasteiger charge is 2.42. The third-order valence-corrected chi connectivity index (χ3v) is 13.1. The van der Waals surface area contributed by atoms with Gasteiger partial charge in [0.05, 0.1) is 11.0 Å². The first-order valence-electron chi connectivity index (χ1n) is 20.8. The zero-order valence-corrected chi connectivity index (χ0v) is 34.3. The highest BCUT2D eigenvalue weighted by molar-refractivity contribution is 7.00. The third kappa shape index (κ3) is 4.91. The van der Waals surface area contributed by atoms with Crippen molar-refractivity contribution in [3.05, 3.63) is 163 Å². The van der Waals surface area contributed by atoms with E-state index in [4.69, 9.17) is 9.97 Å². The van der Waals surface area contributed by atoms with Gasteiger partial charge in [-0.3, -0.25) is 0 Å². The van der Waals surface area contributed by atoms with Crippen LogP contribution >= 0.6 is 0 Å². The molecule has 0 saturated carbocycles. The van der Waals surface area contributed by atoms with E-state index in [2.05, 4.69) is 184 Å². The van der Waals surface area contributed by atoms with Gasteiger partial charge in [0.2, 0.25) is 0 Å². The zero-order valence-electron chi connectivity index (χ0n) is 34.3. The predicted molar refractivity (Wildman–Crippen MR) is 249 cm³/mol. The van der Waals surface area contributed by atoms with Crippen molar-refractivity contribution in [1.82, 2.24) is 19.1 Å². The fraction of sp³-hybridized carbons (Fsp3) is 0.148. The molecule has 2 aliphatic rings. The van der Waals surface area contributed by atoms with Gasteiger partial charge in [0.1, 0.15) is 0 Å². The Hall–Kier alpha value is -6.72. The van der Waals surface area contributed by atoms with Gasteiger partial charge in [-0.15, -0.1) is 0 Å². The largest absolute Gasteiger partial charge is 0.310 e. The van der Waals surface area contributed by atoms with Crippen LogP contribution in [0.1, 0.15) is 52.7 Å². The Morgan fingerprint density at radius 1 is 0.424 bits per heavy atom. The molecule has 12 rings (SSSR count). The monoisotopic (exact) mass is 758 g/mol. The van der Waals surface area contributed by atoms with E-state index >= 15 is 0 Å². The van der Waals surface area contributed by atoms with Gasteiger partial charge in [-0.2, -0.15) is 0 Å². The molecule has 0 unspecified atom stereocenters. The van der Waals surface area contributed by atoms with E-state index in [0.717, 1.165) is 11.4 Å². The van der Waals surface area contributed by atoms with E-state index < -0.39 is 0 Å². The molecule has 5 heteroatoms. The smallest absolute Gasteiger partial charge is 0.252 e. The number of hydrogen-bond acceptors (Lipinski definition) is 2. The van der Waals surface area contributed by atoms with Crippen molar-refractivity contribution in [2.24, 2.45) is 0 Å². The standard InChI is InChI=1S/C54H43BN4/c1-53(2,3)37-28-41-39-24-34(32-14-9-7-10-15-32)18-20-45(39)58-47-26-36(52-56-22-13-23-57-52)27-48-49(47)55(43(30-37)50(41)58)44-31-38(54(4,5)6)29-42-40-25-35(33-16-11-8-12-17-33)19-21-46(40)59(48)51(42)44/h7-31H,1-6H3. The maximum atomic E-state index is 4.83. The quantitative estimate of drug-likeness (QED) is 0.168. The summed E-state index contributed by atoms with van der Waals surface area (Å²) in [5.41, 5.74) is 20.0. The molecule has 3 aromatic heterocycles. The van der Waals surface area contributed by atoms with E-state index in [1.54, 1.807) is 0 Å². The zero-order chi connectivity index (χ0) is 39.9. The summed E-state index contributed by atoms with van der Waals surface area (Å²) in [6, 6.07) is 52.4. The molecule has 4 nitrogen and oxygen atoms in total. The van der Waals surface area contributed by atoms with Crippen LogP contribution in [0.3, 0.4) is 0 Å². The average molecular weight is 759 g/mol. The molecule has 5 heterocycles. The lowest BCUT2D eigenvalue weighted by molar-refractivity contribution is 0.591. The second kappa shape index (κ2) is 11.9. The highest BCUT2D eigenvalue weighted by Crippen LogP contribution is 2.44. The molecule has 7 aromatic carbocycles. The average Bonchev–Trinajstić information content (AvgIpc) is 3.76. The third-order valence-electron chi connectivity index (χ3n) is 13.1. The SMILES string of the molecule is CC(C)(C)c1cc2c3c(c1)c1cc(-c4ccccc4)ccc1n3-c1cc(-c3ncccn3)cc3c1B2c1cc(C(C)(C)C)cc2c4cc(-c5ccccc5)ccc4n-3c12. The van der Waals surface area contributed by atoms with Crippen LogP contribution in [0.25, 0.3) is 88.6 Å². The Morgan fingerprint density at radius 2 is 0.881 bits per heavy atom. The Kier molecular flexibility index (Phi) is 6.94. The maximum absolute atomic E-state index is 4.83. The fourth-order valence-corrected chi connectivity index (χ4v) is 10.1. The predicted octanol–water partition coefficient (Wildman–Crippen LogP) is 11.4. The van der Waals surface area contributed by atoms with Crippen LogP contribution in [0.15, 0.2) is 152 Å². The fourth-order valence-electron chi connectivity index (χ4n) is 10.1. The van der Waals surface area contributed by atoms with Gasteiger partial charge in [-0.25, -0.2) is 9.97 Å². The Labute approximate surface area is 344 Å². The van der Waals surface area contributed by atoms with Crippen LogP contribution in [0.2, 0.25) is 0 Å². The number of fused-ring (bicyclic) bond motifs is 10. The van der Waals surface area contributed by atoms with E-state index in [1.165, 1.54) is 105 Å². The van der Waals surface area contributed by atoms with Gasteiger partial charge in [-0.05, 0) is 115 Å². The summed E-state index contributed by atoms with van der Waals surface area (Å²) >= 11 is 0. The van der Waals surface area contributed by atoms with Crippen molar-refractivity contribution in [3.8, 4) is 45.0 Å². The van der Waals surface area contributed by atoms with Gasteiger partial charge in [-0.1, -0.05) is 126 Å². The van der Waals surface area contributed by atoms with Crippen LogP contribution in [-0.2, 0) is 10.8 Å². The summed E-state index contributed by atoms with van der Waals surface area (Å²) in [5, 5.41) is 5.15. The summed E-state index contributed by atoms with van der Waals surface area (Å²) in [6.07, 6.45) is 3.71. The van der Waals surface area contributed by atoms with Crippen molar-refractivity contribution in [3.63, 3.8) is 0 Å². The molecule has 0 spiro atoms. The van der Waals surface area contributed by atoms with E-state index in [0.29, 0.717) is 0 Å². The lowest BCUT2D eigenvalue weighted by atomic mass is 9.34. The molecule has 0 atom stereocenters. The van der Waals surface area contributed by atoms with Crippen molar-refractivity contribution in [2.45, 2.75) is 52.4 Å². The Balaban J connectivity index is 1.28. The van der Waals surface area contributed by atoms with Gasteiger partial charge >= 0.3 is 0 Å². The second-order valence-corrected chi connectivity index (χ2v) is 18.7. The summed E-state index contributed by atoms with van der Waals surface area (Å²) < 4.78 is 5.13. The number of hydrogen-bond donors (Lipinski definition) is 0. The van der Waals surface area contributed by atoms with Crippen LogP contribution in [0, 0.1) is 0 Å². The molecule has 59 heavy (non-hydrogen) atoms. The summed E-state index contributed by atoms with van der Waals surface area (Å²) in [4.78, 5) is 9.67. The number of nitrogens with zero attached hydrogens (tertiary/aromatic N) is 4. The van der Waals surface area contributed by atoms with Gasteiger partial charge < -0.3 is 9.13 Å². The number of aromatic nitrogens is 4. The summed E-state index contributed by atoms with van der Waals surface area (Å²) in [7, 11) is 0. The number of benzene rings is 7. The van der Waals surface area contributed by atoms with Crippen LogP contribution in [-0.4, -0.2) is 25.8 Å². The van der Waals surface area contributed by atoms with Gasteiger partial charge in [0.25, 0.3) is 6.71 Å². The molecule has 0 aliphatic carbocycles. The molecular formula is C54H43BN4. The molecule has 282 valence electrons. The van der Waals surface area contributed by atoms with Crippen molar-refractivity contribution in [1.29, 1.82) is 0 Å². The Morgan fingerprint density at radius 3 is 1.32 bits per heavy atom. The van der Waals surface area contributed by atoms with Crippen LogP contribution < -0.4 is 16.4 Å². The topological polar surface area (TPSA) is 35.6 Å². The molecule has 2 aliphatic heterocycles. The molecule has 0 fully saturated rings. The minimum atomic E-state index is -0.0618. The Bertz CT molecular complexity index is 3180. The van der Waals surface area contributed by atoms with Crippen LogP contribution in [0.4, 0.5) is 0 Å². The molecule has 0 radical (unpaired) electrons. The summed E-state index contributed by atoms with van der Waals surface area (Å²) in [6.45, 7) is 14.1. The molecule has 0 N–H and O–H groups in total. The minimum Gasteiger partial charge on any atom is -0.310 e. The van der Waals surface area contributed by atoms with Crippen molar-refractivity contribution >= 4 is 66.7 Å². The first kappa shape index (κ1) is 34.3. The molecule has 0 bridgehead atoms. The van der Waals surface area contributed by atoms with E-state index in [1.807, 2.05) is 18.5 Å². The molecular weight excluding hydrogens is 715 g/mol. The van der Waals surface area contributed by atoms with E-state index in [-0.39, 0.29) is 17.5 Å². The lowest BCUT2D eigenvalue weighted by Crippen LogP contribution is -2.59. The van der Waals surface area contributed by atoms with Crippen molar-refractivity contribution in [2.75, 3.05) is 0 Å². The second-order valence-electron chi connectivity index (χ2n) is 18.7. The first-order valence-corrected chi connectivity index (χ1v) is 20.8. The first-order chi connectivity index (χ1) is 28.5. The molecule has 0 saturated heterocycles. The van der Waals surface area contributed by atoms with Crippen LogP contribution in [0.5, 0.6) is 0 Å². The molecule has 0 amide bonds.